The smallest absolute Gasteiger partial charge is 0.323 e. The third-order valence-electron chi connectivity index (χ3n) is 2.43. The molecule has 0 aromatic heterocycles. The lowest BCUT2D eigenvalue weighted by molar-refractivity contribution is -0.158. The van der Waals surface area contributed by atoms with Gasteiger partial charge in [-0.25, -0.2) is 0 Å². The molecular formula is C7H8O4. The Morgan fingerprint density at radius 1 is 1.82 bits per heavy atom. The summed E-state index contributed by atoms with van der Waals surface area (Å²) in [6, 6.07) is 0. The van der Waals surface area contributed by atoms with Crippen LogP contribution < -0.4 is 0 Å². The predicted molar refractivity (Wildman–Crippen MR) is 33.5 cm³/mol. The fraction of sp³-hybridized carbons (Fsp3) is 0.714. The van der Waals surface area contributed by atoms with Gasteiger partial charge >= 0.3 is 11.9 Å². The standard InChI is InChI=1S/C7H8O4/c1-10-5(8)7-2-4(7)3-11-6(7)9/h4H,2-3H2,1H3/t4-,7+/m0/s1. The van der Waals surface area contributed by atoms with Gasteiger partial charge in [0.2, 0.25) is 0 Å². The third kappa shape index (κ3) is 0.593. The van der Waals surface area contributed by atoms with E-state index >= 15 is 0 Å². The lowest BCUT2D eigenvalue weighted by Gasteiger charge is -2.04. The second kappa shape index (κ2) is 1.75. The van der Waals surface area contributed by atoms with E-state index in [4.69, 9.17) is 4.74 Å². The molecule has 0 aromatic rings. The van der Waals surface area contributed by atoms with Crippen LogP contribution in [0.1, 0.15) is 6.42 Å². The number of rotatable bonds is 1. The van der Waals surface area contributed by atoms with Gasteiger partial charge in [0, 0.05) is 5.92 Å². The summed E-state index contributed by atoms with van der Waals surface area (Å²) in [5, 5.41) is 0. The number of fused-ring (bicyclic) bond motifs is 1. The van der Waals surface area contributed by atoms with E-state index in [1.165, 1.54) is 7.11 Å². The van der Waals surface area contributed by atoms with Crippen LogP contribution in [0.4, 0.5) is 0 Å². The Kier molecular flexibility index (Phi) is 1.06. The van der Waals surface area contributed by atoms with E-state index in [1.54, 1.807) is 0 Å². The molecular weight excluding hydrogens is 148 g/mol. The molecule has 1 aliphatic heterocycles. The first kappa shape index (κ1) is 6.64. The zero-order chi connectivity index (χ0) is 8.06. The maximum atomic E-state index is 11.1. The number of esters is 2. The lowest BCUT2D eigenvalue weighted by Crippen LogP contribution is -2.25. The van der Waals surface area contributed by atoms with E-state index in [0.29, 0.717) is 13.0 Å². The number of hydrogen-bond acceptors (Lipinski definition) is 4. The van der Waals surface area contributed by atoms with Crippen molar-refractivity contribution in [3.8, 4) is 0 Å². The summed E-state index contributed by atoms with van der Waals surface area (Å²) in [5.41, 5.74) is -0.894. The van der Waals surface area contributed by atoms with Gasteiger partial charge in [-0.1, -0.05) is 0 Å². The molecule has 1 heterocycles. The van der Waals surface area contributed by atoms with Gasteiger partial charge < -0.3 is 9.47 Å². The number of cyclic esters (lactones) is 1. The van der Waals surface area contributed by atoms with E-state index in [1.807, 2.05) is 0 Å². The highest BCUT2D eigenvalue weighted by molar-refractivity contribution is 6.05. The molecule has 2 aliphatic rings. The molecule has 11 heavy (non-hydrogen) atoms. The van der Waals surface area contributed by atoms with Gasteiger partial charge in [0.25, 0.3) is 0 Å². The second-order valence-electron chi connectivity index (χ2n) is 2.96. The van der Waals surface area contributed by atoms with Crippen LogP contribution in [0.3, 0.4) is 0 Å². The van der Waals surface area contributed by atoms with Crippen molar-refractivity contribution < 1.29 is 19.1 Å². The number of methoxy groups -OCH3 is 1. The van der Waals surface area contributed by atoms with Crippen LogP contribution in [0.5, 0.6) is 0 Å². The average molecular weight is 156 g/mol. The minimum atomic E-state index is -0.894. The minimum absolute atomic E-state index is 0.0856. The maximum absolute atomic E-state index is 11.1. The molecule has 1 aliphatic carbocycles. The molecule has 4 nitrogen and oxygen atoms in total. The van der Waals surface area contributed by atoms with Gasteiger partial charge in [-0.15, -0.1) is 0 Å². The summed E-state index contributed by atoms with van der Waals surface area (Å²) >= 11 is 0. The summed E-state index contributed by atoms with van der Waals surface area (Å²) in [6.45, 7) is 0.383. The molecule has 0 spiro atoms. The van der Waals surface area contributed by atoms with Crippen LogP contribution in [0.15, 0.2) is 0 Å². The Hall–Kier alpha value is -1.06. The van der Waals surface area contributed by atoms with Crippen molar-refractivity contribution in [1.29, 1.82) is 0 Å². The molecule has 2 atom stereocenters. The van der Waals surface area contributed by atoms with Gasteiger partial charge in [-0.05, 0) is 6.42 Å². The monoisotopic (exact) mass is 156 g/mol. The first-order chi connectivity index (χ1) is 5.21. The van der Waals surface area contributed by atoms with Gasteiger partial charge in [0.1, 0.15) is 0 Å². The molecule has 4 heteroatoms. The van der Waals surface area contributed by atoms with Crippen LogP contribution in [0, 0.1) is 11.3 Å². The minimum Gasteiger partial charge on any atom is -0.468 e. The molecule has 0 unspecified atom stereocenters. The van der Waals surface area contributed by atoms with Crippen molar-refractivity contribution in [2.75, 3.05) is 13.7 Å². The van der Waals surface area contributed by atoms with Crippen LogP contribution in [-0.2, 0) is 19.1 Å². The molecule has 1 saturated heterocycles. The van der Waals surface area contributed by atoms with Gasteiger partial charge in [-0.3, -0.25) is 9.59 Å². The van der Waals surface area contributed by atoms with Crippen LogP contribution >= 0.6 is 0 Å². The Morgan fingerprint density at radius 3 is 2.91 bits per heavy atom. The van der Waals surface area contributed by atoms with Gasteiger partial charge in [0.15, 0.2) is 5.41 Å². The van der Waals surface area contributed by atoms with Crippen molar-refractivity contribution in [2.45, 2.75) is 6.42 Å². The molecule has 1 saturated carbocycles. The molecule has 0 N–H and O–H groups in total. The number of hydrogen-bond donors (Lipinski definition) is 0. The zero-order valence-electron chi connectivity index (χ0n) is 6.12. The van der Waals surface area contributed by atoms with Crippen LogP contribution in [0.25, 0.3) is 0 Å². The molecule has 0 aromatic carbocycles. The Bertz CT molecular complexity index is 235. The Morgan fingerprint density at radius 2 is 2.55 bits per heavy atom. The van der Waals surface area contributed by atoms with E-state index in [0.717, 1.165) is 0 Å². The van der Waals surface area contributed by atoms with E-state index in [2.05, 4.69) is 4.74 Å². The summed E-state index contributed by atoms with van der Waals surface area (Å²) in [4.78, 5) is 22.1. The van der Waals surface area contributed by atoms with Crippen molar-refractivity contribution in [3.05, 3.63) is 0 Å². The van der Waals surface area contributed by atoms with Crippen molar-refractivity contribution in [3.63, 3.8) is 0 Å². The van der Waals surface area contributed by atoms with E-state index in [-0.39, 0.29) is 5.92 Å². The summed E-state index contributed by atoms with van der Waals surface area (Å²) in [6.07, 6.45) is 0.610. The second-order valence-corrected chi connectivity index (χ2v) is 2.96. The van der Waals surface area contributed by atoms with Crippen molar-refractivity contribution in [2.24, 2.45) is 11.3 Å². The fourth-order valence-electron chi connectivity index (χ4n) is 1.60. The normalized spacial score (nSPS) is 39.4. The predicted octanol–water partition coefficient (Wildman–Crippen LogP) is -0.278. The summed E-state index contributed by atoms with van der Waals surface area (Å²) in [7, 11) is 1.29. The number of carbonyl (C=O) groups is 2. The molecule has 2 fully saturated rings. The Balaban J connectivity index is 2.24. The molecule has 2 rings (SSSR count). The average Bonchev–Trinajstić information content (AvgIpc) is 2.68. The number of carbonyl (C=O) groups excluding carboxylic acids is 2. The molecule has 0 amide bonds. The first-order valence-corrected chi connectivity index (χ1v) is 3.47. The molecule has 60 valence electrons. The molecule has 0 radical (unpaired) electrons. The van der Waals surface area contributed by atoms with Crippen LogP contribution in [0.2, 0.25) is 0 Å². The zero-order valence-corrected chi connectivity index (χ0v) is 6.12. The fourth-order valence-corrected chi connectivity index (χ4v) is 1.60. The summed E-state index contributed by atoms with van der Waals surface area (Å²) < 4.78 is 9.21. The van der Waals surface area contributed by atoms with Crippen molar-refractivity contribution in [1.82, 2.24) is 0 Å². The number of ether oxygens (including phenoxy) is 2. The highest BCUT2D eigenvalue weighted by Crippen LogP contribution is 2.58. The third-order valence-corrected chi connectivity index (χ3v) is 2.43. The van der Waals surface area contributed by atoms with E-state index in [9.17, 15) is 9.59 Å². The summed E-state index contributed by atoms with van der Waals surface area (Å²) in [5.74, 6) is -0.762. The van der Waals surface area contributed by atoms with Gasteiger partial charge in [-0.2, -0.15) is 0 Å². The highest BCUT2D eigenvalue weighted by Gasteiger charge is 2.72. The van der Waals surface area contributed by atoms with Crippen LogP contribution in [-0.4, -0.2) is 25.7 Å². The lowest BCUT2D eigenvalue weighted by atomic mass is 10.1. The Labute approximate surface area is 63.5 Å². The first-order valence-electron chi connectivity index (χ1n) is 3.47. The molecule has 0 bridgehead atoms. The largest absolute Gasteiger partial charge is 0.468 e. The topological polar surface area (TPSA) is 52.6 Å². The van der Waals surface area contributed by atoms with Gasteiger partial charge in [0.05, 0.1) is 13.7 Å². The maximum Gasteiger partial charge on any atom is 0.323 e. The quantitative estimate of drug-likeness (QED) is 0.387. The van der Waals surface area contributed by atoms with Crippen molar-refractivity contribution >= 4 is 11.9 Å². The highest BCUT2D eigenvalue weighted by atomic mass is 16.6. The van der Waals surface area contributed by atoms with E-state index < -0.39 is 17.4 Å². The SMILES string of the molecule is COC(=O)[C@@]12C[C@H]1COC2=O.